The molecule has 1 heterocycles. The number of benzene rings is 1. The van der Waals surface area contributed by atoms with E-state index in [1.807, 2.05) is 0 Å². The summed E-state index contributed by atoms with van der Waals surface area (Å²) in [4.78, 5) is 4.57. The van der Waals surface area contributed by atoms with Gasteiger partial charge in [-0.15, -0.1) is 0 Å². The fourth-order valence-electron chi connectivity index (χ4n) is 2.08. The molecule has 0 aliphatic rings. The van der Waals surface area contributed by atoms with Crippen LogP contribution in [0.3, 0.4) is 0 Å². The predicted octanol–water partition coefficient (Wildman–Crippen LogP) is 4.13. The highest BCUT2D eigenvalue weighted by molar-refractivity contribution is 5.82. The van der Waals surface area contributed by atoms with Crippen molar-refractivity contribution in [2.45, 2.75) is 33.6 Å². The van der Waals surface area contributed by atoms with E-state index in [1.165, 1.54) is 17.4 Å². The van der Waals surface area contributed by atoms with Crippen molar-refractivity contribution in [1.82, 2.24) is 4.98 Å². The largest absolute Gasteiger partial charge is 0.253 e. The lowest BCUT2D eigenvalue weighted by atomic mass is 9.96. The van der Waals surface area contributed by atoms with Crippen molar-refractivity contribution in [3.05, 3.63) is 41.6 Å². The second kappa shape index (κ2) is 4.65. The third-order valence-corrected chi connectivity index (χ3v) is 3.20. The molecule has 1 heteroatoms. The molecule has 0 fully saturated rings. The molecule has 0 saturated carbocycles. The summed E-state index contributed by atoms with van der Waals surface area (Å²) in [5.74, 6) is 0.741. The SMILES string of the molecule is CCC(C)Cc1cc(C)nc2ccccc12. The summed E-state index contributed by atoms with van der Waals surface area (Å²) in [5.41, 5.74) is 3.69. The Morgan fingerprint density at radius 3 is 2.75 bits per heavy atom. The highest BCUT2D eigenvalue weighted by Gasteiger charge is 2.06. The fraction of sp³-hybridized carbons (Fsp3) is 0.400. The molecule has 0 N–H and O–H groups in total. The van der Waals surface area contributed by atoms with Crippen LogP contribution in [0.2, 0.25) is 0 Å². The van der Waals surface area contributed by atoms with Crippen molar-refractivity contribution in [3.8, 4) is 0 Å². The Balaban J connectivity index is 2.50. The van der Waals surface area contributed by atoms with Crippen LogP contribution in [0.4, 0.5) is 0 Å². The third-order valence-electron chi connectivity index (χ3n) is 3.20. The maximum Gasteiger partial charge on any atom is 0.0707 e. The molecule has 1 aromatic heterocycles. The van der Waals surface area contributed by atoms with Gasteiger partial charge in [-0.05, 0) is 37.0 Å². The number of fused-ring (bicyclic) bond motifs is 1. The van der Waals surface area contributed by atoms with Gasteiger partial charge in [0.15, 0.2) is 0 Å². The van der Waals surface area contributed by atoms with E-state index in [9.17, 15) is 0 Å². The minimum Gasteiger partial charge on any atom is -0.253 e. The van der Waals surface area contributed by atoms with E-state index in [1.54, 1.807) is 0 Å². The summed E-state index contributed by atoms with van der Waals surface area (Å²) in [6.07, 6.45) is 2.38. The molecule has 2 rings (SSSR count). The number of rotatable bonds is 3. The molecule has 1 nitrogen and oxygen atoms in total. The zero-order chi connectivity index (χ0) is 11.5. The van der Waals surface area contributed by atoms with Crippen LogP contribution in [-0.4, -0.2) is 4.98 Å². The van der Waals surface area contributed by atoms with Gasteiger partial charge < -0.3 is 0 Å². The summed E-state index contributed by atoms with van der Waals surface area (Å²) in [6.45, 7) is 6.64. The Morgan fingerprint density at radius 2 is 2.00 bits per heavy atom. The van der Waals surface area contributed by atoms with Gasteiger partial charge in [0.25, 0.3) is 0 Å². The van der Waals surface area contributed by atoms with Gasteiger partial charge in [-0.25, -0.2) is 0 Å². The maximum atomic E-state index is 4.57. The minimum atomic E-state index is 0.741. The number of aryl methyl sites for hydroxylation is 1. The molecular formula is C15H19N. The van der Waals surface area contributed by atoms with Crippen molar-refractivity contribution in [3.63, 3.8) is 0 Å². The summed E-state index contributed by atoms with van der Waals surface area (Å²) in [7, 11) is 0. The quantitative estimate of drug-likeness (QED) is 0.747. The van der Waals surface area contributed by atoms with Crippen LogP contribution >= 0.6 is 0 Å². The monoisotopic (exact) mass is 213 g/mol. The van der Waals surface area contributed by atoms with E-state index in [0.29, 0.717) is 0 Å². The average Bonchev–Trinajstić information content (AvgIpc) is 2.28. The Kier molecular flexibility index (Phi) is 3.23. The Hall–Kier alpha value is -1.37. The van der Waals surface area contributed by atoms with E-state index in [0.717, 1.165) is 23.5 Å². The topological polar surface area (TPSA) is 12.9 Å². The van der Waals surface area contributed by atoms with Crippen molar-refractivity contribution < 1.29 is 0 Å². The normalized spacial score (nSPS) is 12.9. The highest BCUT2D eigenvalue weighted by atomic mass is 14.7. The van der Waals surface area contributed by atoms with Crippen LogP contribution in [0.25, 0.3) is 10.9 Å². The summed E-state index contributed by atoms with van der Waals surface area (Å²) < 4.78 is 0. The lowest BCUT2D eigenvalue weighted by Gasteiger charge is -2.11. The highest BCUT2D eigenvalue weighted by Crippen LogP contribution is 2.21. The smallest absolute Gasteiger partial charge is 0.0707 e. The summed E-state index contributed by atoms with van der Waals surface area (Å²) in [6, 6.07) is 10.7. The number of para-hydroxylation sites is 1. The van der Waals surface area contributed by atoms with Gasteiger partial charge in [-0.3, -0.25) is 4.98 Å². The van der Waals surface area contributed by atoms with E-state index in [4.69, 9.17) is 0 Å². The molecule has 1 atom stereocenters. The first-order valence-corrected chi connectivity index (χ1v) is 6.06. The van der Waals surface area contributed by atoms with Gasteiger partial charge in [0, 0.05) is 11.1 Å². The molecule has 0 aliphatic heterocycles. The van der Waals surface area contributed by atoms with Gasteiger partial charge in [0.2, 0.25) is 0 Å². The first-order chi connectivity index (χ1) is 7.70. The zero-order valence-electron chi connectivity index (χ0n) is 10.3. The van der Waals surface area contributed by atoms with E-state index in [2.05, 4.69) is 56.1 Å². The van der Waals surface area contributed by atoms with Gasteiger partial charge in [-0.2, -0.15) is 0 Å². The van der Waals surface area contributed by atoms with Crippen LogP contribution in [0, 0.1) is 12.8 Å². The van der Waals surface area contributed by atoms with Gasteiger partial charge in [0.1, 0.15) is 0 Å². The molecule has 84 valence electrons. The van der Waals surface area contributed by atoms with Crippen LogP contribution in [0.5, 0.6) is 0 Å². The molecular weight excluding hydrogens is 194 g/mol. The lowest BCUT2D eigenvalue weighted by molar-refractivity contribution is 0.562. The van der Waals surface area contributed by atoms with E-state index >= 15 is 0 Å². The lowest BCUT2D eigenvalue weighted by Crippen LogP contribution is -2.00. The minimum absolute atomic E-state index is 0.741. The Morgan fingerprint density at radius 1 is 1.25 bits per heavy atom. The van der Waals surface area contributed by atoms with Crippen molar-refractivity contribution >= 4 is 10.9 Å². The van der Waals surface area contributed by atoms with Crippen LogP contribution in [0.1, 0.15) is 31.5 Å². The van der Waals surface area contributed by atoms with E-state index < -0.39 is 0 Å². The first-order valence-electron chi connectivity index (χ1n) is 6.06. The van der Waals surface area contributed by atoms with Crippen LogP contribution in [-0.2, 0) is 6.42 Å². The molecule has 1 unspecified atom stereocenters. The van der Waals surface area contributed by atoms with Crippen LogP contribution in [0.15, 0.2) is 30.3 Å². The standard InChI is InChI=1S/C15H19N/c1-4-11(2)9-13-10-12(3)16-15-8-6-5-7-14(13)15/h5-8,10-11H,4,9H2,1-3H3. The molecule has 1 aromatic carbocycles. The third kappa shape index (κ3) is 2.24. The molecule has 0 spiro atoms. The van der Waals surface area contributed by atoms with Crippen LogP contribution < -0.4 is 0 Å². The van der Waals surface area contributed by atoms with Crippen molar-refractivity contribution in [2.75, 3.05) is 0 Å². The van der Waals surface area contributed by atoms with E-state index in [-0.39, 0.29) is 0 Å². The molecule has 0 radical (unpaired) electrons. The molecule has 0 amide bonds. The second-order valence-electron chi connectivity index (χ2n) is 4.66. The number of hydrogen-bond donors (Lipinski definition) is 0. The summed E-state index contributed by atoms with van der Waals surface area (Å²) in [5, 5.41) is 1.31. The Bertz CT molecular complexity index is 488. The second-order valence-corrected chi connectivity index (χ2v) is 4.66. The van der Waals surface area contributed by atoms with Gasteiger partial charge in [0.05, 0.1) is 5.52 Å². The number of pyridine rings is 1. The zero-order valence-corrected chi connectivity index (χ0v) is 10.3. The van der Waals surface area contributed by atoms with Gasteiger partial charge >= 0.3 is 0 Å². The van der Waals surface area contributed by atoms with Crippen molar-refractivity contribution in [1.29, 1.82) is 0 Å². The van der Waals surface area contributed by atoms with Crippen molar-refractivity contribution in [2.24, 2.45) is 5.92 Å². The molecule has 0 bridgehead atoms. The Labute approximate surface area is 97.5 Å². The molecule has 0 saturated heterocycles. The number of hydrogen-bond acceptors (Lipinski definition) is 1. The number of aromatic nitrogens is 1. The van der Waals surface area contributed by atoms with Gasteiger partial charge in [-0.1, -0.05) is 38.5 Å². The summed E-state index contributed by atoms with van der Waals surface area (Å²) >= 11 is 0. The maximum absolute atomic E-state index is 4.57. The predicted molar refractivity (Wildman–Crippen MR) is 69.6 cm³/mol. The molecule has 16 heavy (non-hydrogen) atoms. The average molecular weight is 213 g/mol. The molecule has 0 aliphatic carbocycles. The number of nitrogens with zero attached hydrogens (tertiary/aromatic N) is 1. The fourth-order valence-corrected chi connectivity index (χ4v) is 2.08. The molecule has 2 aromatic rings. The first kappa shape index (κ1) is 11.1.